The Morgan fingerprint density at radius 1 is 1.14 bits per heavy atom. The van der Waals surface area contributed by atoms with E-state index in [9.17, 15) is 14.7 Å². The number of phenols is 1. The number of benzene rings is 1. The number of ketones is 1. The smallest absolute Gasteiger partial charge is 0.302 e. The lowest BCUT2D eigenvalue weighted by atomic mass is 9.87. The van der Waals surface area contributed by atoms with E-state index in [2.05, 4.69) is 40.1 Å². The highest BCUT2D eigenvalue weighted by Gasteiger charge is 2.23. The number of pyridine rings is 1. The average molecular weight is 572 g/mol. The third kappa shape index (κ3) is 8.94. The number of anilines is 1. The number of aryl methyl sites for hydroxylation is 1. The van der Waals surface area contributed by atoms with Gasteiger partial charge in [-0.1, -0.05) is 31.3 Å². The van der Waals surface area contributed by atoms with Gasteiger partial charge in [0.15, 0.2) is 11.5 Å². The number of carbonyl (C=O) groups excluding carboxylic acids is 2. The number of nitrogens with zero attached hydrogens (tertiary/aromatic N) is 2. The van der Waals surface area contributed by atoms with Crippen LogP contribution < -0.4 is 10.1 Å². The maximum Gasteiger partial charge on any atom is 0.302 e. The zero-order valence-corrected chi connectivity index (χ0v) is 24.8. The quantitative estimate of drug-likeness (QED) is 0.353. The molecule has 4 rings (SSSR count). The number of nitrogens with one attached hydrogen (secondary N) is 1. The molecule has 0 amide bonds. The third-order valence-corrected chi connectivity index (χ3v) is 7.97. The number of allylic oxidation sites excluding steroid dienone is 1. The molecule has 2 bridgehead atoms. The Morgan fingerprint density at radius 3 is 2.79 bits per heavy atom. The minimum absolute atomic E-state index is 0.0206. The molecule has 3 heterocycles. The van der Waals surface area contributed by atoms with Crippen LogP contribution in [-0.4, -0.2) is 54.4 Å². The summed E-state index contributed by atoms with van der Waals surface area (Å²) >= 11 is 0. The molecule has 1 aromatic heterocycles. The second-order valence-electron chi connectivity index (χ2n) is 11.0. The predicted octanol–water partition coefficient (Wildman–Crippen LogP) is 5.80. The first-order chi connectivity index (χ1) is 20.3. The van der Waals surface area contributed by atoms with Crippen molar-refractivity contribution in [1.82, 2.24) is 4.98 Å². The van der Waals surface area contributed by atoms with E-state index in [1.54, 1.807) is 18.2 Å². The van der Waals surface area contributed by atoms with Gasteiger partial charge in [0.25, 0.3) is 0 Å². The summed E-state index contributed by atoms with van der Waals surface area (Å²) in [6.45, 7) is 4.67. The van der Waals surface area contributed by atoms with Gasteiger partial charge < -0.3 is 19.9 Å². The van der Waals surface area contributed by atoms with Gasteiger partial charge in [-0.2, -0.15) is 0 Å². The number of rotatable bonds is 4. The van der Waals surface area contributed by atoms with Gasteiger partial charge in [-0.3, -0.25) is 14.6 Å². The first-order valence-corrected chi connectivity index (χ1v) is 14.8. The number of aromatic hydroxyl groups is 1. The Kier molecular flexibility index (Phi) is 11.2. The maximum absolute atomic E-state index is 13.4. The molecule has 0 saturated heterocycles. The molecule has 0 saturated carbocycles. The summed E-state index contributed by atoms with van der Waals surface area (Å²) in [7, 11) is 1.48. The van der Waals surface area contributed by atoms with Crippen LogP contribution in [-0.2, 0) is 20.7 Å². The third-order valence-electron chi connectivity index (χ3n) is 7.97. The summed E-state index contributed by atoms with van der Waals surface area (Å²) < 4.78 is 10.9. The van der Waals surface area contributed by atoms with Gasteiger partial charge >= 0.3 is 5.97 Å². The molecule has 0 spiro atoms. The molecule has 2 aliphatic heterocycles. The average Bonchev–Trinajstić information content (AvgIpc) is 3.42. The molecule has 1 aromatic carbocycles. The first kappa shape index (κ1) is 30.8. The number of hydrogen-bond acceptors (Lipinski definition) is 8. The lowest BCUT2D eigenvalue weighted by molar-refractivity contribution is -0.148. The fraction of sp³-hybridized carbons (Fsp3) is 0.471. The van der Waals surface area contributed by atoms with Gasteiger partial charge in [0.2, 0.25) is 0 Å². The predicted molar refractivity (Wildman–Crippen MR) is 164 cm³/mol. The Hall–Kier alpha value is -4.12. The Morgan fingerprint density at radius 2 is 2.00 bits per heavy atom. The van der Waals surface area contributed by atoms with Crippen LogP contribution in [0.3, 0.4) is 0 Å². The summed E-state index contributed by atoms with van der Waals surface area (Å²) in [6.07, 6.45) is 8.87. The molecule has 2 aromatic rings. The molecule has 3 atom stereocenters. The van der Waals surface area contributed by atoms with Gasteiger partial charge in [-0.25, -0.2) is 4.98 Å². The van der Waals surface area contributed by atoms with E-state index in [0.29, 0.717) is 24.6 Å². The van der Waals surface area contributed by atoms with E-state index in [1.807, 2.05) is 18.5 Å². The lowest BCUT2D eigenvalue weighted by Gasteiger charge is -2.21. The summed E-state index contributed by atoms with van der Waals surface area (Å²) in [6, 6.07) is 9.12. The highest BCUT2D eigenvalue weighted by molar-refractivity contribution is 5.82. The van der Waals surface area contributed by atoms with Gasteiger partial charge in [-0.15, -0.1) is 0 Å². The van der Waals surface area contributed by atoms with Crippen LogP contribution in [0.1, 0.15) is 75.8 Å². The van der Waals surface area contributed by atoms with Crippen LogP contribution in [0.2, 0.25) is 0 Å². The monoisotopic (exact) mass is 571 g/mol. The van der Waals surface area contributed by atoms with Crippen molar-refractivity contribution in [1.29, 1.82) is 0 Å². The van der Waals surface area contributed by atoms with Crippen molar-refractivity contribution in [2.75, 3.05) is 25.5 Å². The van der Waals surface area contributed by atoms with Crippen LogP contribution in [0, 0.1) is 17.8 Å². The van der Waals surface area contributed by atoms with E-state index < -0.39 is 12.0 Å². The van der Waals surface area contributed by atoms with Crippen molar-refractivity contribution in [3.8, 4) is 23.3 Å². The zero-order valence-electron chi connectivity index (χ0n) is 24.8. The molecule has 8 heteroatoms. The summed E-state index contributed by atoms with van der Waals surface area (Å²) in [4.78, 5) is 34.3. The topological polar surface area (TPSA) is 110 Å². The molecule has 0 fully saturated rings. The fourth-order valence-corrected chi connectivity index (χ4v) is 5.57. The Labute approximate surface area is 248 Å². The van der Waals surface area contributed by atoms with Gasteiger partial charge in [-0.05, 0) is 84.6 Å². The number of esters is 1. The number of ether oxygens (including phenoxy) is 2. The number of aliphatic imine (C=N–C) groups is 1. The van der Waals surface area contributed by atoms with E-state index in [0.717, 1.165) is 50.0 Å². The summed E-state index contributed by atoms with van der Waals surface area (Å²) in [5.74, 6) is 7.05. The van der Waals surface area contributed by atoms with E-state index in [-0.39, 0.29) is 30.3 Å². The molecule has 2 N–H and O–H groups in total. The number of hydrogen-bond donors (Lipinski definition) is 2. The molecule has 2 aliphatic rings. The van der Waals surface area contributed by atoms with Crippen molar-refractivity contribution in [3.63, 3.8) is 0 Å². The standard InChI is InChI=1S/C34H41N3O5/c1-4-24-8-11-31(42-23(2)38)20-30(39)18-26(27-10-12-32(40)33(19-27)41-3)6-5-14-36-34-17-25(13-15-37-34)7-9-28-21-35-22-29(28)16-24/h10,12-13,15,17,19,22,24,26,31,40H,4,7-9,11,14,16,18,20-21H2,1-3H3,(H,36,37). The van der Waals surface area contributed by atoms with Crippen LogP contribution in [0.5, 0.6) is 11.5 Å². The van der Waals surface area contributed by atoms with Crippen LogP contribution in [0.25, 0.3) is 0 Å². The van der Waals surface area contributed by atoms with Crippen molar-refractivity contribution in [2.24, 2.45) is 10.9 Å². The SMILES string of the molecule is CCC1CCC(OC(C)=O)CC(=O)CC(c2ccc(O)c(OC)c2)C#CCNc2cc(ccn2)CCC2=C(C=NC2)C1. The number of methoxy groups -OCH3 is 1. The van der Waals surface area contributed by atoms with Crippen LogP contribution in [0.15, 0.2) is 52.7 Å². The van der Waals surface area contributed by atoms with Crippen molar-refractivity contribution in [2.45, 2.75) is 77.2 Å². The number of phenolic OH excluding ortho intramolecular Hbond substituents is 1. The van der Waals surface area contributed by atoms with Crippen molar-refractivity contribution >= 4 is 23.8 Å². The molecule has 3 unspecified atom stereocenters. The first-order valence-electron chi connectivity index (χ1n) is 14.8. The van der Waals surface area contributed by atoms with Crippen LogP contribution >= 0.6 is 0 Å². The Bertz CT molecular complexity index is 1390. The minimum Gasteiger partial charge on any atom is -0.504 e. The molecular weight excluding hydrogens is 530 g/mol. The van der Waals surface area contributed by atoms with Crippen molar-refractivity contribution in [3.05, 3.63) is 58.8 Å². The summed E-state index contributed by atoms with van der Waals surface area (Å²) in [5, 5.41) is 13.4. The summed E-state index contributed by atoms with van der Waals surface area (Å²) in [5.41, 5.74) is 4.66. The molecule has 42 heavy (non-hydrogen) atoms. The molecule has 222 valence electrons. The molecule has 0 aliphatic carbocycles. The number of Topliss-reactive ketones (excluding diaryl/α,β-unsaturated/α-hetero) is 1. The van der Waals surface area contributed by atoms with Gasteiger partial charge in [0.1, 0.15) is 17.7 Å². The van der Waals surface area contributed by atoms with E-state index >= 15 is 0 Å². The molecular formula is C34H41N3O5. The number of fused-ring (bicyclic) bond motifs is 2. The van der Waals surface area contributed by atoms with Gasteiger partial charge in [0.05, 0.1) is 26.1 Å². The Balaban J connectivity index is 1.62. The number of carbonyl (C=O) groups is 2. The lowest BCUT2D eigenvalue weighted by Crippen LogP contribution is -2.22. The fourth-order valence-electron chi connectivity index (χ4n) is 5.57. The maximum atomic E-state index is 13.4. The normalized spacial score (nSPS) is 21.9. The highest BCUT2D eigenvalue weighted by atomic mass is 16.5. The molecule has 8 nitrogen and oxygen atoms in total. The van der Waals surface area contributed by atoms with E-state index in [4.69, 9.17) is 9.47 Å². The largest absolute Gasteiger partial charge is 0.504 e. The second kappa shape index (κ2) is 15.2. The second-order valence-corrected chi connectivity index (χ2v) is 11.0. The van der Waals surface area contributed by atoms with E-state index in [1.165, 1.54) is 30.7 Å². The van der Waals surface area contributed by atoms with Crippen LogP contribution in [0.4, 0.5) is 5.82 Å². The van der Waals surface area contributed by atoms with Gasteiger partial charge in [0, 0.05) is 32.2 Å². The van der Waals surface area contributed by atoms with Crippen molar-refractivity contribution < 1.29 is 24.2 Å². The number of aromatic nitrogens is 1. The minimum atomic E-state index is -0.485. The molecule has 0 radical (unpaired) electrons. The highest BCUT2D eigenvalue weighted by Crippen LogP contribution is 2.32. The zero-order chi connectivity index (χ0) is 29.9.